The highest BCUT2D eigenvalue weighted by molar-refractivity contribution is 6.51. The molecule has 108 valence electrons. The maximum atomic E-state index is 5.91. The van der Waals surface area contributed by atoms with E-state index in [1.54, 1.807) is 0 Å². The standard InChI is InChI=1S/C16H29BO2/c1-7-8-9-10-11-14(2)12-13-17-18-15(3,4)16(5,6)19-17/h12-13H,2,7-11H2,1,3-6H3/b13-12+. The summed E-state index contributed by atoms with van der Waals surface area (Å²) in [6, 6.07) is 0. The van der Waals surface area contributed by atoms with Gasteiger partial charge in [0.05, 0.1) is 11.2 Å². The van der Waals surface area contributed by atoms with Crippen LogP contribution in [0.3, 0.4) is 0 Å². The van der Waals surface area contributed by atoms with Gasteiger partial charge in [-0.25, -0.2) is 0 Å². The molecule has 0 spiro atoms. The van der Waals surface area contributed by atoms with Crippen LogP contribution in [0.25, 0.3) is 0 Å². The molecular formula is C16H29BO2. The van der Waals surface area contributed by atoms with E-state index in [0.29, 0.717) is 0 Å². The van der Waals surface area contributed by atoms with Gasteiger partial charge < -0.3 is 9.31 Å². The summed E-state index contributed by atoms with van der Waals surface area (Å²) >= 11 is 0. The van der Waals surface area contributed by atoms with Gasteiger partial charge in [0.25, 0.3) is 0 Å². The van der Waals surface area contributed by atoms with E-state index >= 15 is 0 Å². The molecule has 1 fully saturated rings. The molecular weight excluding hydrogens is 235 g/mol. The van der Waals surface area contributed by atoms with Crippen LogP contribution in [0.2, 0.25) is 0 Å². The summed E-state index contributed by atoms with van der Waals surface area (Å²) in [6.07, 6.45) is 8.22. The van der Waals surface area contributed by atoms with Crippen molar-refractivity contribution >= 4 is 7.12 Å². The minimum Gasteiger partial charge on any atom is -0.400 e. The van der Waals surface area contributed by atoms with Crippen LogP contribution in [-0.2, 0) is 9.31 Å². The molecule has 0 radical (unpaired) electrons. The van der Waals surface area contributed by atoms with Gasteiger partial charge in [0, 0.05) is 0 Å². The second-order valence-electron chi connectivity index (χ2n) is 6.45. The first-order chi connectivity index (χ1) is 8.78. The fourth-order valence-electron chi connectivity index (χ4n) is 2.04. The van der Waals surface area contributed by atoms with Crippen LogP contribution in [0.1, 0.15) is 66.7 Å². The SMILES string of the molecule is C=C(/C=C/B1OC(C)(C)C(C)(C)O1)CCCCCC. The first-order valence-corrected chi connectivity index (χ1v) is 7.50. The molecule has 0 unspecified atom stereocenters. The van der Waals surface area contributed by atoms with Gasteiger partial charge in [-0.15, -0.1) is 0 Å². The topological polar surface area (TPSA) is 18.5 Å². The monoisotopic (exact) mass is 264 g/mol. The van der Waals surface area contributed by atoms with Crippen molar-refractivity contribution in [3.8, 4) is 0 Å². The second-order valence-corrected chi connectivity index (χ2v) is 6.45. The average molecular weight is 264 g/mol. The fraction of sp³-hybridized carbons (Fsp3) is 0.750. The third-order valence-electron chi connectivity index (χ3n) is 4.11. The van der Waals surface area contributed by atoms with E-state index in [1.165, 1.54) is 25.7 Å². The summed E-state index contributed by atoms with van der Waals surface area (Å²) in [7, 11) is -0.252. The van der Waals surface area contributed by atoms with Gasteiger partial charge in [-0.05, 0) is 40.5 Å². The molecule has 1 aliphatic rings. The molecule has 0 aliphatic carbocycles. The molecule has 0 N–H and O–H groups in total. The molecule has 2 nitrogen and oxygen atoms in total. The lowest BCUT2D eigenvalue weighted by Gasteiger charge is -2.32. The van der Waals surface area contributed by atoms with E-state index in [-0.39, 0.29) is 18.3 Å². The van der Waals surface area contributed by atoms with Crippen molar-refractivity contribution in [2.45, 2.75) is 77.9 Å². The lowest BCUT2D eigenvalue weighted by atomic mass is 9.88. The Morgan fingerprint density at radius 1 is 1.05 bits per heavy atom. The number of unbranched alkanes of at least 4 members (excludes halogenated alkanes) is 3. The van der Waals surface area contributed by atoms with Crippen molar-refractivity contribution < 1.29 is 9.31 Å². The largest absolute Gasteiger partial charge is 0.487 e. The van der Waals surface area contributed by atoms with Crippen LogP contribution in [0.15, 0.2) is 24.2 Å². The van der Waals surface area contributed by atoms with E-state index in [0.717, 1.165) is 12.0 Å². The number of rotatable bonds is 7. The summed E-state index contributed by atoms with van der Waals surface area (Å²) in [5.41, 5.74) is 0.639. The summed E-state index contributed by atoms with van der Waals surface area (Å²) in [5, 5.41) is 0. The molecule has 0 atom stereocenters. The molecule has 3 heteroatoms. The fourth-order valence-corrected chi connectivity index (χ4v) is 2.04. The molecule has 0 aromatic heterocycles. The number of hydrogen-bond acceptors (Lipinski definition) is 2. The maximum Gasteiger partial charge on any atom is 0.487 e. The highest BCUT2D eigenvalue weighted by Gasteiger charge is 2.49. The summed E-state index contributed by atoms with van der Waals surface area (Å²) < 4.78 is 11.8. The Labute approximate surface area is 119 Å². The van der Waals surface area contributed by atoms with Crippen molar-refractivity contribution in [2.75, 3.05) is 0 Å². The van der Waals surface area contributed by atoms with Gasteiger partial charge in [-0.2, -0.15) is 0 Å². The minimum atomic E-state index is -0.259. The Morgan fingerprint density at radius 2 is 1.63 bits per heavy atom. The Bertz CT molecular complexity index is 316. The van der Waals surface area contributed by atoms with Crippen molar-refractivity contribution in [1.82, 2.24) is 0 Å². The molecule has 0 bridgehead atoms. The van der Waals surface area contributed by atoms with Crippen LogP contribution >= 0.6 is 0 Å². The predicted molar refractivity (Wildman–Crippen MR) is 83.1 cm³/mol. The van der Waals surface area contributed by atoms with Gasteiger partial charge in [0.1, 0.15) is 0 Å². The molecule has 0 amide bonds. The van der Waals surface area contributed by atoms with Gasteiger partial charge in [0.15, 0.2) is 0 Å². The van der Waals surface area contributed by atoms with Gasteiger partial charge in [0.2, 0.25) is 0 Å². The average Bonchev–Trinajstić information content (AvgIpc) is 2.51. The lowest BCUT2D eigenvalue weighted by Crippen LogP contribution is -2.41. The van der Waals surface area contributed by atoms with Crippen LogP contribution in [0.5, 0.6) is 0 Å². The third-order valence-corrected chi connectivity index (χ3v) is 4.11. The molecule has 1 aliphatic heterocycles. The first-order valence-electron chi connectivity index (χ1n) is 7.50. The predicted octanol–water partition coefficient (Wildman–Crippen LogP) is 4.70. The van der Waals surface area contributed by atoms with E-state index in [4.69, 9.17) is 9.31 Å². The molecule has 0 saturated carbocycles. The second kappa shape index (κ2) is 6.76. The van der Waals surface area contributed by atoms with Crippen LogP contribution in [-0.4, -0.2) is 18.3 Å². The summed E-state index contributed by atoms with van der Waals surface area (Å²) in [4.78, 5) is 0. The van der Waals surface area contributed by atoms with Gasteiger partial charge in [-0.1, -0.05) is 50.4 Å². The smallest absolute Gasteiger partial charge is 0.400 e. The third kappa shape index (κ3) is 4.81. The molecule has 19 heavy (non-hydrogen) atoms. The van der Waals surface area contributed by atoms with Crippen molar-refractivity contribution in [3.63, 3.8) is 0 Å². The highest BCUT2D eigenvalue weighted by Crippen LogP contribution is 2.36. The minimum absolute atomic E-state index is 0.252. The quantitative estimate of drug-likeness (QED) is 0.377. The molecule has 1 saturated heterocycles. The van der Waals surface area contributed by atoms with Crippen LogP contribution in [0, 0.1) is 0 Å². The Hall–Kier alpha value is -0.535. The summed E-state index contributed by atoms with van der Waals surface area (Å²) in [5.74, 6) is 1.98. The molecule has 0 aromatic carbocycles. The molecule has 1 heterocycles. The van der Waals surface area contributed by atoms with Crippen molar-refractivity contribution in [3.05, 3.63) is 24.2 Å². The molecule has 0 aromatic rings. The van der Waals surface area contributed by atoms with E-state index in [2.05, 4.69) is 41.2 Å². The number of allylic oxidation sites excluding steroid dienone is 2. The Morgan fingerprint density at radius 3 is 2.16 bits per heavy atom. The lowest BCUT2D eigenvalue weighted by molar-refractivity contribution is 0.00578. The van der Waals surface area contributed by atoms with Crippen LogP contribution < -0.4 is 0 Å². The van der Waals surface area contributed by atoms with E-state index in [1.807, 2.05) is 12.1 Å². The molecule has 1 rings (SSSR count). The first kappa shape index (κ1) is 16.5. The zero-order chi connectivity index (χ0) is 14.5. The Balaban J connectivity index is 2.36. The zero-order valence-corrected chi connectivity index (χ0v) is 13.3. The normalized spacial score (nSPS) is 21.2. The zero-order valence-electron chi connectivity index (χ0n) is 13.3. The van der Waals surface area contributed by atoms with Crippen LogP contribution in [0.4, 0.5) is 0 Å². The Kier molecular flexibility index (Phi) is 5.88. The van der Waals surface area contributed by atoms with E-state index in [9.17, 15) is 0 Å². The highest BCUT2D eigenvalue weighted by atomic mass is 16.7. The van der Waals surface area contributed by atoms with Crippen molar-refractivity contribution in [1.29, 1.82) is 0 Å². The number of hydrogen-bond donors (Lipinski definition) is 0. The van der Waals surface area contributed by atoms with Crippen molar-refractivity contribution in [2.24, 2.45) is 0 Å². The van der Waals surface area contributed by atoms with Gasteiger partial charge >= 0.3 is 7.12 Å². The van der Waals surface area contributed by atoms with E-state index < -0.39 is 0 Å². The summed E-state index contributed by atoms with van der Waals surface area (Å²) in [6.45, 7) is 14.6. The maximum absolute atomic E-state index is 5.91. The van der Waals surface area contributed by atoms with Gasteiger partial charge in [-0.3, -0.25) is 0 Å².